The third kappa shape index (κ3) is 3.23. The smallest absolute Gasteiger partial charge is 0.207 e. The lowest BCUT2D eigenvalue weighted by Crippen LogP contribution is -2.39. The first kappa shape index (κ1) is 15.5. The van der Waals surface area contributed by atoms with Gasteiger partial charge in [0.15, 0.2) is 0 Å². The topological polar surface area (TPSA) is 37.4 Å². The summed E-state index contributed by atoms with van der Waals surface area (Å²) in [7, 11) is -3.31. The minimum absolute atomic E-state index is 0.465. The maximum atomic E-state index is 12.6. The van der Waals surface area contributed by atoms with Crippen LogP contribution in [0.3, 0.4) is 0 Å². The zero-order chi connectivity index (χ0) is 14.2. The third-order valence-corrected chi connectivity index (χ3v) is 7.61. The minimum atomic E-state index is -3.31. The fraction of sp³-hybridized carbons (Fsp3) is 0.692. The summed E-state index contributed by atoms with van der Waals surface area (Å²) in [5, 5.41) is 0. The van der Waals surface area contributed by atoms with Crippen molar-refractivity contribution in [3.05, 3.63) is 14.7 Å². The van der Waals surface area contributed by atoms with Crippen LogP contribution in [0.4, 0.5) is 0 Å². The molecule has 0 N–H and O–H groups in total. The highest BCUT2D eigenvalue weighted by atomic mass is 79.9. The first-order valence-electron chi connectivity index (χ1n) is 6.58. The van der Waals surface area contributed by atoms with Gasteiger partial charge >= 0.3 is 0 Å². The molecular weight excluding hydrogens is 346 g/mol. The maximum absolute atomic E-state index is 12.6. The van der Waals surface area contributed by atoms with Crippen LogP contribution in [0, 0.1) is 18.8 Å². The van der Waals surface area contributed by atoms with E-state index in [9.17, 15) is 8.42 Å². The monoisotopic (exact) mass is 365 g/mol. The van der Waals surface area contributed by atoms with Crippen LogP contribution >= 0.6 is 27.3 Å². The quantitative estimate of drug-likeness (QED) is 0.814. The fourth-order valence-electron chi connectivity index (χ4n) is 2.61. The molecule has 1 aromatic rings. The van der Waals surface area contributed by atoms with E-state index in [1.54, 1.807) is 10.4 Å². The van der Waals surface area contributed by atoms with E-state index in [0.717, 1.165) is 21.5 Å². The molecule has 0 spiro atoms. The number of nitrogens with zero attached hydrogens (tertiary/aromatic N) is 1. The van der Waals surface area contributed by atoms with Gasteiger partial charge in [0, 0.05) is 18.0 Å². The highest BCUT2D eigenvalue weighted by Gasteiger charge is 2.31. The van der Waals surface area contributed by atoms with E-state index in [1.165, 1.54) is 11.3 Å². The van der Waals surface area contributed by atoms with Crippen molar-refractivity contribution in [1.82, 2.24) is 4.31 Å². The largest absolute Gasteiger partial charge is 0.244 e. The number of rotatable bonds is 3. The summed E-state index contributed by atoms with van der Waals surface area (Å²) >= 11 is 4.84. The van der Waals surface area contributed by atoms with Gasteiger partial charge in [0.05, 0.1) is 8.68 Å². The van der Waals surface area contributed by atoms with Crippen LogP contribution in [0.25, 0.3) is 0 Å². The fourth-order valence-corrected chi connectivity index (χ4v) is 6.46. The van der Waals surface area contributed by atoms with Crippen LogP contribution in [0.1, 0.15) is 31.6 Å². The summed E-state index contributed by atoms with van der Waals surface area (Å²) < 4.78 is 27.7. The number of sulfonamides is 1. The van der Waals surface area contributed by atoms with Gasteiger partial charge in [-0.25, -0.2) is 8.42 Å². The zero-order valence-corrected chi connectivity index (χ0v) is 14.7. The summed E-state index contributed by atoms with van der Waals surface area (Å²) in [5.74, 6) is 1.30. The number of aryl methyl sites for hydroxylation is 1. The van der Waals surface area contributed by atoms with Crippen molar-refractivity contribution >= 4 is 37.3 Å². The summed E-state index contributed by atoms with van der Waals surface area (Å²) in [6.07, 6.45) is 1.95. The molecule has 0 unspecified atom stereocenters. The molecule has 2 heterocycles. The summed E-state index contributed by atoms with van der Waals surface area (Å²) in [5.41, 5.74) is 0. The van der Waals surface area contributed by atoms with E-state index in [-0.39, 0.29) is 0 Å². The number of halogens is 1. The number of thiophene rings is 1. The minimum Gasteiger partial charge on any atom is -0.207 e. The Labute approximate surface area is 128 Å². The second kappa shape index (κ2) is 5.84. The zero-order valence-electron chi connectivity index (χ0n) is 11.5. The Hall–Kier alpha value is 0.0900. The van der Waals surface area contributed by atoms with Gasteiger partial charge in [0.1, 0.15) is 0 Å². The first-order valence-corrected chi connectivity index (χ1v) is 9.63. The van der Waals surface area contributed by atoms with Crippen LogP contribution in [-0.4, -0.2) is 25.8 Å². The van der Waals surface area contributed by atoms with Crippen LogP contribution in [0.2, 0.25) is 0 Å². The molecule has 0 radical (unpaired) electrons. The SMILES string of the molecule is Cc1sc(Br)cc1S(=O)(=O)N1CCC(C(C)C)CC1. The Morgan fingerprint density at radius 1 is 1.37 bits per heavy atom. The number of hydrogen-bond donors (Lipinski definition) is 0. The van der Waals surface area contributed by atoms with E-state index in [1.807, 2.05) is 6.92 Å². The van der Waals surface area contributed by atoms with Gasteiger partial charge in [-0.15, -0.1) is 11.3 Å². The average Bonchev–Trinajstić information content (AvgIpc) is 2.69. The van der Waals surface area contributed by atoms with Crippen LogP contribution < -0.4 is 0 Å². The molecule has 6 heteroatoms. The second-order valence-electron chi connectivity index (χ2n) is 5.46. The molecule has 0 amide bonds. The van der Waals surface area contributed by atoms with Crippen molar-refractivity contribution in [3.63, 3.8) is 0 Å². The van der Waals surface area contributed by atoms with Crippen molar-refractivity contribution in [2.45, 2.75) is 38.5 Å². The number of piperidine rings is 1. The van der Waals surface area contributed by atoms with Crippen LogP contribution in [-0.2, 0) is 10.0 Å². The average molecular weight is 366 g/mol. The molecule has 108 valence electrons. The summed E-state index contributed by atoms with van der Waals surface area (Å²) in [4.78, 5) is 1.32. The van der Waals surface area contributed by atoms with Crippen molar-refractivity contribution < 1.29 is 8.42 Å². The van der Waals surface area contributed by atoms with Gasteiger partial charge < -0.3 is 0 Å². The van der Waals surface area contributed by atoms with Gasteiger partial charge in [0.2, 0.25) is 10.0 Å². The lowest BCUT2D eigenvalue weighted by molar-refractivity contribution is 0.226. The van der Waals surface area contributed by atoms with Crippen molar-refractivity contribution in [2.75, 3.05) is 13.1 Å². The summed E-state index contributed by atoms with van der Waals surface area (Å²) in [6, 6.07) is 1.73. The molecule has 0 bridgehead atoms. The Bertz CT molecular complexity index is 543. The molecule has 1 saturated heterocycles. The standard InChI is InChI=1S/C13H20BrNO2S2/c1-9(2)11-4-6-15(7-5-11)19(16,17)12-8-13(14)18-10(12)3/h8-9,11H,4-7H2,1-3H3. The highest BCUT2D eigenvalue weighted by molar-refractivity contribution is 9.11. The molecule has 1 aliphatic rings. The molecule has 2 rings (SSSR count). The molecule has 1 aliphatic heterocycles. The molecule has 1 aromatic heterocycles. The van der Waals surface area contributed by atoms with Crippen molar-refractivity contribution in [3.8, 4) is 0 Å². The van der Waals surface area contributed by atoms with E-state index in [4.69, 9.17) is 0 Å². The van der Waals surface area contributed by atoms with E-state index in [2.05, 4.69) is 29.8 Å². The second-order valence-corrected chi connectivity index (χ2v) is 10.00. The van der Waals surface area contributed by atoms with Gasteiger partial charge in [-0.2, -0.15) is 4.31 Å². The Balaban J connectivity index is 2.16. The lowest BCUT2D eigenvalue weighted by atomic mass is 9.87. The molecule has 19 heavy (non-hydrogen) atoms. The Kier molecular flexibility index (Phi) is 4.75. The molecular formula is C13H20BrNO2S2. The normalized spacial score (nSPS) is 19.2. The summed E-state index contributed by atoms with van der Waals surface area (Å²) in [6.45, 7) is 7.60. The van der Waals surface area contributed by atoms with Gasteiger partial charge in [-0.3, -0.25) is 0 Å². The molecule has 0 aliphatic carbocycles. The molecule has 0 atom stereocenters. The van der Waals surface area contributed by atoms with Gasteiger partial charge in [-0.1, -0.05) is 13.8 Å². The highest BCUT2D eigenvalue weighted by Crippen LogP contribution is 2.34. The van der Waals surface area contributed by atoms with Gasteiger partial charge in [0.25, 0.3) is 0 Å². The van der Waals surface area contributed by atoms with E-state index < -0.39 is 10.0 Å². The Morgan fingerprint density at radius 3 is 2.37 bits per heavy atom. The third-order valence-electron chi connectivity index (χ3n) is 3.90. The first-order chi connectivity index (χ1) is 8.82. The van der Waals surface area contributed by atoms with Crippen LogP contribution in [0.5, 0.6) is 0 Å². The molecule has 3 nitrogen and oxygen atoms in total. The number of hydrogen-bond acceptors (Lipinski definition) is 3. The predicted octanol–water partition coefficient (Wildman–Crippen LogP) is 3.88. The van der Waals surface area contributed by atoms with Crippen LogP contribution in [0.15, 0.2) is 14.7 Å². The lowest BCUT2D eigenvalue weighted by Gasteiger charge is -2.33. The van der Waals surface area contributed by atoms with Crippen molar-refractivity contribution in [1.29, 1.82) is 0 Å². The van der Waals surface area contributed by atoms with E-state index >= 15 is 0 Å². The van der Waals surface area contributed by atoms with Gasteiger partial charge in [-0.05, 0) is 53.6 Å². The molecule has 0 aromatic carbocycles. The van der Waals surface area contributed by atoms with E-state index in [0.29, 0.717) is 29.8 Å². The predicted molar refractivity (Wildman–Crippen MR) is 83.1 cm³/mol. The maximum Gasteiger partial charge on any atom is 0.244 e. The molecule has 1 fully saturated rings. The molecule has 0 saturated carbocycles. The Morgan fingerprint density at radius 2 is 1.95 bits per heavy atom. The van der Waals surface area contributed by atoms with Crippen molar-refractivity contribution in [2.24, 2.45) is 11.8 Å².